The topological polar surface area (TPSA) is 73.9 Å². The number of hydrogen-bond donors (Lipinski definition) is 2. The zero-order valence-corrected chi connectivity index (χ0v) is 20.1. The van der Waals surface area contributed by atoms with Crippen LogP contribution in [0.15, 0.2) is 78.9 Å². The highest BCUT2D eigenvalue weighted by Gasteiger charge is 2.22. The zero-order valence-electron chi connectivity index (χ0n) is 20.1. The highest BCUT2D eigenvalue weighted by molar-refractivity contribution is 6.04. The number of para-hydroxylation sites is 3. The molecule has 0 atom stereocenters. The Kier molecular flexibility index (Phi) is 8.35. The molecule has 2 N–H and O–H groups in total. The number of rotatable bonds is 9. The quantitative estimate of drug-likeness (QED) is 0.499. The van der Waals surface area contributed by atoms with Crippen LogP contribution in [0.5, 0.6) is 5.75 Å². The number of carbonyl (C=O) groups excluding carboxylic acids is 2. The minimum Gasteiger partial charge on any atom is -0.495 e. The molecule has 1 saturated heterocycles. The Labute approximate surface area is 206 Å². The van der Waals surface area contributed by atoms with Crippen molar-refractivity contribution in [3.05, 3.63) is 90.0 Å². The first-order valence-corrected chi connectivity index (χ1v) is 12.0. The van der Waals surface area contributed by atoms with E-state index in [0.717, 1.165) is 44.0 Å². The van der Waals surface area contributed by atoms with Gasteiger partial charge in [-0.2, -0.15) is 0 Å². The fraction of sp³-hybridized carbons (Fsp3) is 0.286. The molecule has 35 heavy (non-hydrogen) atoms. The number of benzene rings is 3. The summed E-state index contributed by atoms with van der Waals surface area (Å²) >= 11 is 0. The number of amides is 2. The van der Waals surface area contributed by atoms with Crippen molar-refractivity contribution in [2.24, 2.45) is 0 Å². The molecule has 0 radical (unpaired) electrons. The van der Waals surface area contributed by atoms with Gasteiger partial charge in [-0.05, 0) is 36.2 Å². The Morgan fingerprint density at radius 1 is 0.857 bits per heavy atom. The van der Waals surface area contributed by atoms with Crippen LogP contribution in [-0.2, 0) is 11.2 Å². The van der Waals surface area contributed by atoms with E-state index in [0.29, 0.717) is 17.8 Å². The second kappa shape index (κ2) is 12.0. The summed E-state index contributed by atoms with van der Waals surface area (Å²) in [6.45, 7) is 3.98. The largest absolute Gasteiger partial charge is 0.495 e. The van der Waals surface area contributed by atoms with Crippen molar-refractivity contribution < 1.29 is 14.3 Å². The molecule has 0 spiro atoms. The monoisotopic (exact) mass is 472 g/mol. The Bertz CT molecular complexity index is 1130. The molecule has 0 aliphatic carbocycles. The summed E-state index contributed by atoms with van der Waals surface area (Å²) in [6, 6.07) is 25.1. The van der Waals surface area contributed by atoms with Crippen molar-refractivity contribution in [3.8, 4) is 5.75 Å². The molecule has 1 aliphatic heterocycles. The van der Waals surface area contributed by atoms with E-state index in [2.05, 4.69) is 26.5 Å². The third-order valence-corrected chi connectivity index (χ3v) is 6.15. The van der Waals surface area contributed by atoms with Crippen molar-refractivity contribution in [2.45, 2.75) is 6.42 Å². The Balaban J connectivity index is 1.27. The van der Waals surface area contributed by atoms with Crippen LogP contribution < -0.4 is 20.3 Å². The molecular formula is C28H32N4O3. The van der Waals surface area contributed by atoms with Gasteiger partial charge in [0.2, 0.25) is 5.91 Å². The molecule has 182 valence electrons. The predicted octanol–water partition coefficient (Wildman–Crippen LogP) is 3.43. The van der Waals surface area contributed by atoms with Crippen LogP contribution in [0, 0.1) is 0 Å². The minimum atomic E-state index is -0.192. The summed E-state index contributed by atoms with van der Waals surface area (Å²) in [6.07, 6.45) is 0.752. The number of methoxy groups -OCH3 is 1. The molecule has 3 aromatic carbocycles. The molecule has 1 heterocycles. The molecule has 0 unspecified atom stereocenters. The number of anilines is 2. The molecule has 7 nitrogen and oxygen atoms in total. The van der Waals surface area contributed by atoms with Gasteiger partial charge >= 0.3 is 0 Å². The Morgan fingerprint density at radius 3 is 2.31 bits per heavy atom. The first-order valence-electron chi connectivity index (χ1n) is 12.0. The van der Waals surface area contributed by atoms with Gasteiger partial charge in [-0.25, -0.2) is 0 Å². The first kappa shape index (κ1) is 24.3. The van der Waals surface area contributed by atoms with E-state index >= 15 is 0 Å². The van der Waals surface area contributed by atoms with E-state index < -0.39 is 0 Å². The van der Waals surface area contributed by atoms with Gasteiger partial charge in [0, 0.05) is 32.7 Å². The number of carbonyl (C=O) groups is 2. The number of piperazine rings is 1. The zero-order chi connectivity index (χ0) is 24.5. The van der Waals surface area contributed by atoms with Crippen molar-refractivity contribution in [3.63, 3.8) is 0 Å². The van der Waals surface area contributed by atoms with Crippen molar-refractivity contribution in [2.75, 3.05) is 56.6 Å². The average molecular weight is 473 g/mol. The lowest BCUT2D eigenvalue weighted by Crippen LogP contribution is -2.48. The summed E-state index contributed by atoms with van der Waals surface area (Å²) in [7, 11) is 1.68. The average Bonchev–Trinajstić information content (AvgIpc) is 2.90. The van der Waals surface area contributed by atoms with E-state index in [-0.39, 0.29) is 18.4 Å². The third-order valence-electron chi connectivity index (χ3n) is 6.15. The molecule has 1 aliphatic rings. The van der Waals surface area contributed by atoms with Crippen LogP contribution in [0.1, 0.15) is 15.9 Å². The summed E-state index contributed by atoms with van der Waals surface area (Å²) < 4.78 is 5.48. The summed E-state index contributed by atoms with van der Waals surface area (Å²) in [4.78, 5) is 30.0. The van der Waals surface area contributed by atoms with Crippen molar-refractivity contribution in [1.29, 1.82) is 0 Å². The lowest BCUT2D eigenvalue weighted by molar-refractivity contribution is -0.117. The van der Waals surface area contributed by atoms with E-state index in [1.54, 1.807) is 25.3 Å². The molecule has 7 heteroatoms. The van der Waals surface area contributed by atoms with Crippen LogP contribution in [0.2, 0.25) is 0 Å². The van der Waals surface area contributed by atoms with E-state index in [9.17, 15) is 9.59 Å². The van der Waals surface area contributed by atoms with Gasteiger partial charge < -0.3 is 20.3 Å². The maximum atomic E-state index is 12.8. The molecular weight excluding hydrogens is 440 g/mol. The van der Waals surface area contributed by atoms with E-state index in [1.165, 1.54) is 5.56 Å². The Morgan fingerprint density at radius 2 is 1.54 bits per heavy atom. The van der Waals surface area contributed by atoms with Gasteiger partial charge in [0.25, 0.3) is 5.91 Å². The van der Waals surface area contributed by atoms with E-state index in [4.69, 9.17) is 4.74 Å². The molecule has 3 aromatic rings. The molecule has 0 saturated carbocycles. The maximum absolute atomic E-state index is 12.8. The van der Waals surface area contributed by atoms with Crippen molar-refractivity contribution in [1.82, 2.24) is 10.2 Å². The molecule has 0 bridgehead atoms. The second-order valence-corrected chi connectivity index (χ2v) is 8.52. The van der Waals surface area contributed by atoms with Crippen LogP contribution in [0.25, 0.3) is 0 Å². The summed E-state index contributed by atoms with van der Waals surface area (Å²) in [5.74, 6) is 0.542. The minimum absolute atomic E-state index is 0.125. The fourth-order valence-corrected chi connectivity index (χ4v) is 4.28. The summed E-state index contributed by atoms with van der Waals surface area (Å²) in [5.41, 5.74) is 3.24. The SMILES string of the molecule is COc1ccccc1N1CCN(CC(=O)Nc2ccccc2C(=O)NCCc2ccccc2)CC1. The highest BCUT2D eigenvalue weighted by Crippen LogP contribution is 2.28. The van der Waals surface area contributed by atoms with Gasteiger partial charge in [-0.1, -0.05) is 54.6 Å². The van der Waals surface area contributed by atoms with Gasteiger partial charge in [-0.15, -0.1) is 0 Å². The lowest BCUT2D eigenvalue weighted by atomic mass is 10.1. The molecule has 0 aromatic heterocycles. The second-order valence-electron chi connectivity index (χ2n) is 8.52. The first-order chi connectivity index (χ1) is 17.1. The number of ether oxygens (including phenoxy) is 1. The number of nitrogens with zero attached hydrogens (tertiary/aromatic N) is 2. The van der Waals surface area contributed by atoms with Gasteiger partial charge in [0.05, 0.1) is 30.6 Å². The third kappa shape index (κ3) is 6.61. The lowest BCUT2D eigenvalue weighted by Gasteiger charge is -2.36. The van der Waals surface area contributed by atoms with Gasteiger partial charge in [0.15, 0.2) is 0 Å². The van der Waals surface area contributed by atoms with Gasteiger partial charge in [0.1, 0.15) is 5.75 Å². The number of hydrogen-bond acceptors (Lipinski definition) is 5. The summed E-state index contributed by atoms with van der Waals surface area (Å²) in [5, 5.41) is 5.89. The van der Waals surface area contributed by atoms with Gasteiger partial charge in [-0.3, -0.25) is 14.5 Å². The maximum Gasteiger partial charge on any atom is 0.253 e. The van der Waals surface area contributed by atoms with Crippen LogP contribution in [0.3, 0.4) is 0 Å². The van der Waals surface area contributed by atoms with Crippen LogP contribution in [-0.4, -0.2) is 63.1 Å². The van der Waals surface area contributed by atoms with Crippen LogP contribution in [0.4, 0.5) is 11.4 Å². The fourth-order valence-electron chi connectivity index (χ4n) is 4.28. The molecule has 2 amide bonds. The van der Waals surface area contributed by atoms with Crippen molar-refractivity contribution >= 4 is 23.2 Å². The van der Waals surface area contributed by atoms with E-state index in [1.807, 2.05) is 54.6 Å². The normalized spacial score (nSPS) is 13.8. The van der Waals surface area contributed by atoms with Crippen LogP contribution >= 0.6 is 0 Å². The smallest absolute Gasteiger partial charge is 0.253 e. The number of nitrogens with one attached hydrogen (secondary N) is 2. The highest BCUT2D eigenvalue weighted by atomic mass is 16.5. The predicted molar refractivity (Wildman–Crippen MR) is 139 cm³/mol. The standard InChI is InChI=1S/C28H32N4O3/c1-35-26-14-8-7-13-25(26)32-19-17-31(18-20-32)21-27(33)30-24-12-6-5-11-23(24)28(34)29-16-15-22-9-3-2-4-10-22/h2-14H,15-21H2,1H3,(H,29,34)(H,30,33). The molecule has 4 rings (SSSR count). The Hall–Kier alpha value is -3.84. The molecule has 1 fully saturated rings.